The number of rotatable bonds is 4. The number of azide groups is 1. The van der Waals surface area contributed by atoms with Gasteiger partial charge < -0.3 is 4.74 Å². The number of hydrogen-bond acceptors (Lipinski definition) is 2. The van der Waals surface area contributed by atoms with Gasteiger partial charge in [-0.3, -0.25) is 0 Å². The van der Waals surface area contributed by atoms with Gasteiger partial charge in [-0.1, -0.05) is 36.9 Å². The summed E-state index contributed by atoms with van der Waals surface area (Å²) < 4.78 is 6.04. The Kier molecular flexibility index (Phi) is 5.23. The van der Waals surface area contributed by atoms with Crippen LogP contribution in [-0.4, -0.2) is 6.61 Å². The molecule has 22 heavy (non-hydrogen) atoms. The summed E-state index contributed by atoms with van der Waals surface area (Å²) >= 11 is 0. The average Bonchev–Trinajstić information content (AvgIpc) is 2.76. The molecule has 0 aliphatic heterocycles. The predicted octanol–water partition coefficient (Wildman–Crippen LogP) is 5.72. The van der Waals surface area contributed by atoms with Gasteiger partial charge in [0, 0.05) is 4.91 Å². The first kappa shape index (κ1) is 15.2. The third-order valence-corrected chi connectivity index (χ3v) is 5.05. The van der Waals surface area contributed by atoms with E-state index in [9.17, 15) is 0 Å². The van der Waals surface area contributed by atoms with Crippen LogP contribution in [0.1, 0.15) is 68.5 Å². The highest BCUT2D eigenvalue weighted by atomic mass is 16.5. The van der Waals surface area contributed by atoms with Crippen LogP contribution in [0, 0.1) is 5.92 Å². The molecule has 0 spiro atoms. The lowest BCUT2D eigenvalue weighted by atomic mass is 9.90. The SMILES string of the molecule is [N-]=[N+]=NC1CCCCc2cc(OCC3CCCCC3)ccc21. The molecule has 0 radical (unpaired) electrons. The molecule has 4 heteroatoms. The lowest BCUT2D eigenvalue weighted by Gasteiger charge is -2.22. The van der Waals surface area contributed by atoms with Crippen molar-refractivity contribution in [3.05, 3.63) is 39.8 Å². The Morgan fingerprint density at radius 2 is 1.91 bits per heavy atom. The van der Waals surface area contributed by atoms with E-state index in [2.05, 4.69) is 22.2 Å². The smallest absolute Gasteiger partial charge is 0.119 e. The molecule has 1 aromatic carbocycles. The van der Waals surface area contributed by atoms with Crippen LogP contribution in [0.4, 0.5) is 0 Å². The molecule has 3 rings (SSSR count). The van der Waals surface area contributed by atoms with Crippen molar-refractivity contribution in [1.29, 1.82) is 0 Å². The minimum Gasteiger partial charge on any atom is -0.493 e. The Morgan fingerprint density at radius 3 is 2.73 bits per heavy atom. The van der Waals surface area contributed by atoms with E-state index in [0.29, 0.717) is 0 Å². The quantitative estimate of drug-likeness (QED) is 0.303. The molecule has 0 bridgehead atoms. The molecule has 1 saturated carbocycles. The monoisotopic (exact) mass is 299 g/mol. The third-order valence-electron chi connectivity index (χ3n) is 5.05. The Labute approximate surface area is 132 Å². The molecule has 0 amide bonds. The molecule has 2 aliphatic carbocycles. The van der Waals surface area contributed by atoms with Gasteiger partial charge in [0.1, 0.15) is 5.75 Å². The van der Waals surface area contributed by atoms with E-state index in [1.54, 1.807) is 0 Å². The van der Waals surface area contributed by atoms with E-state index in [0.717, 1.165) is 44.0 Å². The van der Waals surface area contributed by atoms with E-state index >= 15 is 0 Å². The number of ether oxygens (including phenoxy) is 1. The Bertz CT molecular complexity index is 545. The van der Waals surface area contributed by atoms with Gasteiger partial charge in [-0.25, -0.2) is 0 Å². The average molecular weight is 299 g/mol. The first-order valence-electron chi connectivity index (χ1n) is 8.66. The van der Waals surface area contributed by atoms with E-state index in [4.69, 9.17) is 10.3 Å². The van der Waals surface area contributed by atoms with Crippen molar-refractivity contribution in [2.24, 2.45) is 11.0 Å². The van der Waals surface area contributed by atoms with E-state index < -0.39 is 0 Å². The first-order valence-corrected chi connectivity index (χ1v) is 8.66. The fraction of sp³-hybridized carbons (Fsp3) is 0.667. The van der Waals surface area contributed by atoms with Gasteiger partial charge in [0.05, 0.1) is 12.6 Å². The number of fused-ring (bicyclic) bond motifs is 1. The maximum atomic E-state index is 8.75. The molecule has 0 heterocycles. The molecule has 2 aliphatic rings. The highest BCUT2D eigenvalue weighted by molar-refractivity contribution is 5.38. The van der Waals surface area contributed by atoms with Gasteiger partial charge in [-0.05, 0) is 66.8 Å². The van der Waals surface area contributed by atoms with Crippen LogP contribution in [0.15, 0.2) is 23.3 Å². The lowest BCUT2D eigenvalue weighted by Crippen LogP contribution is -2.15. The zero-order chi connectivity index (χ0) is 15.2. The van der Waals surface area contributed by atoms with Crippen molar-refractivity contribution in [3.63, 3.8) is 0 Å². The standard InChI is InChI=1S/C18H25N3O/c19-21-20-18-9-5-4-8-15-12-16(10-11-17(15)18)22-13-14-6-2-1-3-7-14/h10-12,14,18H,1-9,13H2. The van der Waals surface area contributed by atoms with Crippen molar-refractivity contribution in [2.45, 2.75) is 63.8 Å². The summed E-state index contributed by atoms with van der Waals surface area (Å²) in [6.45, 7) is 0.846. The van der Waals surface area contributed by atoms with Crippen LogP contribution in [0.3, 0.4) is 0 Å². The molecule has 0 aromatic heterocycles. The molecule has 4 nitrogen and oxygen atoms in total. The van der Waals surface area contributed by atoms with E-state index in [1.807, 2.05) is 6.07 Å². The fourth-order valence-corrected chi connectivity index (χ4v) is 3.77. The molecule has 1 aromatic rings. The third kappa shape index (κ3) is 3.75. The Morgan fingerprint density at radius 1 is 1.09 bits per heavy atom. The van der Waals surface area contributed by atoms with Crippen LogP contribution in [-0.2, 0) is 6.42 Å². The summed E-state index contributed by atoms with van der Waals surface area (Å²) in [6, 6.07) is 6.32. The maximum absolute atomic E-state index is 8.75. The highest BCUT2D eigenvalue weighted by Crippen LogP contribution is 2.34. The summed E-state index contributed by atoms with van der Waals surface area (Å²) in [5.74, 6) is 1.70. The van der Waals surface area contributed by atoms with Gasteiger partial charge >= 0.3 is 0 Å². The summed E-state index contributed by atoms with van der Waals surface area (Å²) in [5.41, 5.74) is 11.2. The van der Waals surface area contributed by atoms with Gasteiger partial charge in [-0.2, -0.15) is 0 Å². The summed E-state index contributed by atoms with van der Waals surface area (Å²) in [6.07, 6.45) is 11.0. The Balaban J connectivity index is 1.69. The molecule has 1 fully saturated rings. The second kappa shape index (κ2) is 7.55. The van der Waals surface area contributed by atoms with Gasteiger partial charge in [0.25, 0.3) is 0 Å². The van der Waals surface area contributed by atoms with Gasteiger partial charge in [-0.15, -0.1) is 0 Å². The van der Waals surface area contributed by atoms with Crippen LogP contribution in [0.2, 0.25) is 0 Å². The minimum absolute atomic E-state index is 0.00473. The van der Waals surface area contributed by atoms with Crippen molar-refractivity contribution in [1.82, 2.24) is 0 Å². The highest BCUT2D eigenvalue weighted by Gasteiger charge is 2.19. The fourth-order valence-electron chi connectivity index (χ4n) is 3.77. The van der Waals surface area contributed by atoms with Crippen molar-refractivity contribution < 1.29 is 4.74 Å². The van der Waals surface area contributed by atoms with Gasteiger partial charge in [0.2, 0.25) is 0 Å². The van der Waals surface area contributed by atoms with E-state index in [-0.39, 0.29) is 6.04 Å². The van der Waals surface area contributed by atoms with Crippen molar-refractivity contribution in [3.8, 4) is 5.75 Å². The number of aryl methyl sites for hydroxylation is 1. The molecular formula is C18H25N3O. The molecule has 118 valence electrons. The second-order valence-corrected chi connectivity index (χ2v) is 6.64. The topological polar surface area (TPSA) is 58.0 Å². The van der Waals surface area contributed by atoms with Crippen LogP contribution in [0.25, 0.3) is 10.4 Å². The summed E-state index contributed by atoms with van der Waals surface area (Å²) in [7, 11) is 0. The molecular weight excluding hydrogens is 274 g/mol. The van der Waals surface area contributed by atoms with E-state index in [1.165, 1.54) is 43.2 Å². The maximum Gasteiger partial charge on any atom is 0.119 e. The number of hydrogen-bond donors (Lipinski definition) is 0. The summed E-state index contributed by atoms with van der Waals surface area (Å²) in [4.78, 5) is 3.01. The Hall–Kier alpha value is -1.67. The normalized spacial score (nSPS) is 22.3. The largest absolute Gasteiger partial charge is 0.493 e. The minimum atomic E-state index is -0.00473. The second-order valence-electron chi connectivity index (χ2n) is 6.64. The molecule has 1 unspecified atom stereocenters. The zero-order valence-electron chi connectivity index (χ0n) is 13.2. The summed E-state index contributed by atoms with van der Waals surface area (Å²) in [5, 5.41) is 3.97. The molecule has 0 N–H and O–H groups in total. The molecule has 1 atom stereocenters. The predicted molar refractivity (Wildman–Crippen MR) is 88.0 cm³/mol. The number of benzene rings is 1. The van der Waals surface area contributed by atoms with Crippen LogP contribution >= 0.6 is 0 Å². The first-order chi connectivity index (χ1) is 10.9. The lowest BCUT2D eigenvalue weighted by molar-refractivity contribution is 0.208. The van der Waals surface area contributed by atoms with Gasteiger partial charge in [0.15, 0.2) is 0 Å². The molecule has 0 saturated heterocycles. The number of nitrogens with zero attached hydrogens (tertiary/aromatic N) is 3. The van der Waals surface area contributed by atoms with Crippen molar-refractivity contribution in [2.75, 3.05) is 6.61 Å². The van der Waals surface area contributed by atoms with Crippen molar-refractivity contribution >= 4 is 0 Å². The zero-order valence-corrected chi connectivity index (χ0v) is 13.2. The van der Waals surface area contributed by atoms with Crippen LogP contribution < -0.4 is 4.74 Å². The van der Waals surface area contributed by atoms with Crippen LogP contribution in [0.5, 0.6) is 5.75 Å².